The highest BCUT2D eigenvalue weighted by Gasteiger charge is 2.20. The van der Waals surface area contributed by atoms with Crippen LogP contribution in [0, 0.1) is 13.8 Å². The van der Waals surface area contributed by atoms with E-state index in [1.807, 2.05) is 36.6 Å². The van der Waals surface area contributed by atoms with Crippen molar-refractivity contribution >= 4 is 28.2 Å². The van der Waals surface area contributed by atoms with Crippen LogP contribution in [0.2, 0.25) is 0 Å². The summed E-state index contributed by atoms with van der Waals surface area (Å²) < 4.78 is 5.44. The summed E-state index contributed by atoms with van der Waals surface area (Å²) in [5.74, 6) is 0.437. The van der Waals surface area contributed by atoms with E-state index in [0.717, 1.165) is 17.0 Å². The molecule has 27 heavy (non-hydrogen) atoms. The quantitative estimate of drug-likeness (QED) is 0.609. The Morgan fingerprint density at radius 1 is 1.22 bits per heavy atom. The van der Waals surface area contributed by atoms with Gasteiger partial charge in [0.1, 0.15) is 11.4 Å². The van der Waals surface area contributed by atoms with Crippen molar-refractivity contribution in [3.63, 3.8) is 0 Å². The smallest absolute Gasteiger partial charge is 0.274 e. The highest BCUT2D eigenvalue weighted by Crippen LogP contribution is 2.27. The standard InChI is InChI=1S/C20H21N3O3S/c1-5-26-15-8-6-14(7-9-15)16-10-27-20(22-16)23-19(25)18-11(2)17(13(4)24)12(3)21-18/h6-10,21H,5H2,1-4H3,(H,22,23,25). The molecule has 0 aliphatic heterocycles. The number of thiazole rings is 1. The summed E-state index contributed by atoms with van der Waals surface area (Å²) in [7, 11) is 0. The summed E-state index contributed by atoms with van der Waals surface area (Å²) in [5.41, 5.74) is 4.02. The van der Waals surface area contributed by atoms with Gasteiger partial charge in [0, 0.05) is 22.2 Å². The number of carbonyl (C=O) groups is 2. The van der Waals surface area contributed by atoms with Crippen LogP contribution in [-0.4, -0.2) is 28.3 Å². The Morgan fingerprint density at radius 2 is 1.93 bits per heavy atom. The largest absolute Gasteiger partial charge is 0.494 e. The number of nitrogens with one attached hydrogen (secondary N) is 2. The van der Waals surface area contributed by atoms with Crippen LogP contribution in [0.25, 0.3) is 11.3 Å². The van der Waals surface area contributed by atoms with E-state index < -0.39 is 0 Å². The molecule has 0 saturated heterocycles. The number of hydrogen-bond acceptors (Lipinski definition) is 5. The predicted molar refractivity (Wildman–Crippen MR) is 107 cm³/mol. The Labute approximate surface area is 161 Å². The zero-order chi connectivity index (χ0) is 19.6. The van der Waals surface area contributed by atoms with Crippen LogP contribution in [0.4, 0.5) is 5.13 Å². The van der Waals surface area contributed by atoms with E-state index in [-0.39, 0.29) is 11.7 Å². The van der Waals surface area contributed by atoms with Crippen molar-refractivity contribution in [2.45, 2.75) is 27.7 Å². The number of Topliss-reactive ketones (excluding diaryl/α,β-unsaturated/α-hetero) is 1. The molecule has 2 aromatic heterocycles. The second kappa shape index (κ2) is 7.75. The molecule has 0 unspecified atom stereocenters. The van der Waals surface area contributed by atoms with Gasteiger partial charge in [-0.1, -0.05) is 0 Å². The third-order valence-electron chi connectivity index (χ3n) is 4.20. The molecule has 1 amide bonds. The Balaban J connectivity index is 1.77. The van der Waals surface area contributed by atoms with E-state index in [0.29, 0.717) is 34.3 Å². The fourth-order valence-corrected chi connectivity index (χ4v) is 3.73. The molecule has 6 nitrogen and oxygen atoms in total. The number of amides is 1. The van der Waals surface area contributed by atoms with Crippen LogP contribution in [0.15, 0.2) is 29.6 Å². The number of ether oxygens (including phenoxy) is 1. The number of aromatic nitrogens is 2. The number of H-pyrrole nitrogens is 1. The van der Waals surface area contributed by atoms with E-state index in [1.54, 1.807) is 13.8 Å². The van der Waals surface area contributed by atoms with Gasteiger partial charge in [0.2, 0.25) is 0 Å². The number of nitrogens with zero attached hydrogens (tertiary/aromatic N) is 1. The molecule has 0 saturated carbocycles. The lowest BCUT2D eigenvalue weighted by Crippen LogP contribution is -2.13. The number of aryl methyl sites for hydroxylation is 1. The minimum absolute atomic E-state index is 0.0627. The summed E-state index contributed by atoms with van der Waals surface area (Å²) in [6.07, 6.45) is 0. The molecule has 140 valence electrons. The van der Waals surface area contributed by atoms with Crippen molar-refractivity contribution < 1.29 is 14.3 Å². The fraction of sp³-hybridized carbons (Fsp3) is 0.250. The lowest BCUT2D eigenvalue weighted by atomic mass is 10.1. The number of rotatable bonds is 6. The number of anilines is 1. The maximum absolute atomic E-state index is 12.6. The second-order valence-electron chi connectivity index (χ2n) is 6.13. The van der Waals surface area contributed by atoms with Gasteiger partial charge in [-0.05, 0) is 57.5 Å². The molecule has 7 heteroatoms. The minimum Gasteiger partial charge on any atom is -0.494 e. The number of benzene rings is 1. The highest BCUT2D eigenvalue weighted by atomic mass is 32.1. The van der Waals surface area contributed by atoms with Crippen LogP contribution in [0.1, 0.15) is 46.0 Å². The zero-order valence-electron chi connectivity index (χ0n) is 15.7. The van der Waals surface area contributed by atoms with E-state index in [2.05, 4.69) is 15.3 Å². The van der Waals surface area contributed by atoms with Gasteiger partial charge in [0.25, 0.3) is 5.91 Å². The Kier molecular flexibility index (Phi) is 5.41. The van der Waals surface area contributed by atoms with E-state index in [1.165, 1.54) is 18.3 Å². The number of hydrogen-bond donors (Lipinski definition) is 2. The third kappa shape index (κ3) is 3.93. The molecule has 2 heterocycles. The summed E-state index contributed by atoms with van der Waals surface area (Å²) in [6, 6.07) is 7.65. The van der Waals surface area contributed by atoms with Crippen LogP contribution in [-0.2, 0) is 0 Å². The number of ketones is 1. The molecule has 2 N–H and O–H groups in total. The number of aromatic amines is 1. The molecule has 0 aliphatic carbocycles. The Hall–Kier alpha value is -2.93. The van der Waals surface area contributed by atoms with Crippen molar-refractivity contribution in [3.8, 4) is 17.0 Å². The minimum atomic E-state index is -0.310. The molecular weight excluding hydrogens is 362 g/mol. The van der Waals surface area contributed by atoms with Crippen LogP contribution in [0.5, 0.6) is 5.75 Å². The van der Waals surface area contributed by atoms with E-state index >= 15 is 0 Å². The monoisotopic (exact) mass is 383 g/mol. The van der Waals surface area contributed by atoms with Gasteiger partial charge < -0.3 is 9.72 Å². The van der Waals surface area contributed by atoms with Gasteiger partial charge in [-0.2, -0.15) is 0 Å². The van der Waals surface area contributed by atoms with Gasteiger partial charge in [-0.3, -0.25) is 14.9 Å². The first kappa shape index (κ1) is 18.8. The molecule has 0 aliphatic rings. The lowest BCUT2D eigenvalue weighted by Gasteiger charge is -2.03. The predicted octanol–water partition coefficient (Wildman–Crippen LogP) is 4.61. The SMILES string of the molecule is CCOc1ccc(-c2csc(NC(=O)c3[nH]c(C)c(C(C)=O)c3C)n2)cc1. The molecule has 0 spiro atoms. The maximum Gasteiger partial charge on any atom is 0.274 e. The summed E-state index contributed by atoms with van der Waals surface area (Å²) in [5, 5.41) is 5.19. The van der Waals surface area contributed by atoms with Crippen LogP contribution >= 0.6 is 11.3 Å². The summed E-state index contributed by atoms with van der Waals surface area (Å²) in [6.45, 7) is 7.61. The van der Waals surface area contributed by atoms with E-state index in [4.69, 9.17) is 4.74 Å². The van der Waals surface area contributed by atoms with Gasteiger partial charge >= 0.3 is 0 Å². The maximum atomic E-state index is 12.6. The fourth-order valence-electron chi connectivity index (χ4n) is 3.02. The van der Waals surface area contributed by atoms with Crippen LogP contribution < -0.4 is 10.1 Å². The Bertz CT molecular complexity index is 987. The van der Waals surface area contributed by atoms with Crippen molar-refractivity contribution in [3.05, 3.63) is 52.2 Å². The first-order chi connectivity index (χ1) is 12.9. The molecular formula is C20H21N3O3S. The first-order valence-electron chi connectivity index (χ1n) is 8.61. The molecule has 0 radical (unpaired) electrons. The zero-order valence-corrected chi connectivity index (χ0v) is 16.5. The van der Waals surface area contributed by atoms with Crippen molar-refractivity contribution in [2.24, 2.45) is 0 Å². The Morgan fingerprint density at radius 3 is 2.52 bits per heavy atom. The van der Waals surface area contributed by atoms with Gasteiger partial charge in [0.15, 0.2) is 10.9 Å². The number of carbonyl (C=O) groups excluding carboxylic acids is 2. The van der Waals surface area contributed by atoms with Crippen molar-refractivity contribution in [1.82, 2.24) is 9.97 Å². The van der Waals surface area contributed by atoms with Gasteiger partial charge in [-0.15, -0.1) is 11.3 Å². The molecule has 0 fully saturated rings. The highest BCUT2D eigenvalue weighted by molar-refractivity contribution is 7.14. The molecule has 3 aromatic rings. The van der Waals surface area contributed by atoms with Gasteiger partial charge in [0.05, 0.1) is 12.3 Å². The van der Waals surface area contributed by atoms with Gasteiger partial charge in [-0.25, -0.2) is 4.98 Å². The van der Waals surface area contributed by atoms with Crippen molar-refractivity contribution in [2.75, 3.05) is 11.9 Å². The molecule has 1 aromatic carbocycles. The molecule has 3 rings (SSSR count). The van der Waals surface area contributed by atoms with Crippen LogP contribution in [0.3, 0.4) is 0 Å². The van der Waals surface area contributed by atoms with E-state index in [9.17, 15) is 9.59 Å². The van der Waals surface area contributed by atoms with Crippen molar-refractivity contribution in [1.29, 1.82) is 0 Å². The summed E-state index contributed by atoms with van der Waals surface area (Å²) >= 11 is 1.35. The second-order valence-corrected chi connectivity index (χ2v) is 6.99. The third-order valence-corrected chi connectivity index (χ3v) is 4.96. The average Bonchev–Trinajstić information content (AvgIpc) is 3.20. The topological polar surface area (TPSA) is 84.1 Å². The lowest BCUT2D eigenvalue weighted by molar-refractivity contribution is 0.101. The molecule has 0 atom stereocenters. The first-order valence-corrected chi connectivity index (χ1v) is 9.48. The summed E-state index contributed by atoms with van der Waals surface area (Å²) in [4.78, 5) is 31.8. The molecule has 0 bridgehead atoms. The average molecular weight is 383 g/mol. The normalized spacial score (nSPS) is 10.7.